The molecule has 0 spiro atoms. The van der Waals surface area contributed by atoms with Gasteiger partial charge in [-0.15, -0.1) is 0 Å². The number of aliphatic hydroxyl groups is 2. The van der Waals surface area contributed by atoms with Crippen molar-refractivity contribution >= 4 is 6.09 Å². The van der Waals surface area contributed by atoms with E-state index in [0.717, 1.165) is 4.90 Å². The number of aliphatic hydroxyl groups excluding tert-OH is 2. The Hall–Kier alpha value is -0.810. The molecule has 1 heterocycles. The fourth-order valence-corrected chi connectivity index (χ4v) is 1.17. The molecular formula is C6H11NO4. The summed E-state index contributed by atoms with van der Waals surface area (Å²) in [6.07, 6.45) is -2.30. The van der Waals surface area contributed by atoms with Crippen LogP contribution in [0, 0.1) is 0 Å². The lowest BCUT2D eigenvalue weighted by Gasteiger charge is -2.33. The maximum atomic E-state index is 10.4. The number of rotatable bonds is 0. The molecule has 0 aromatic heterocycles. The molecule has 64 valence electrons. The van der Waals surface area contributed by atoms with Gasteiger partial charge in [-0.25, -0.2) is 4.79 Å². The maximum absolute atomic E-state index is 10.4. The summed E-state index contributed by atoms with van der Waals surface area (Å²) in [6.45, 7) is 0.299. The molecule has 1 amide bonds. The smallest absolute Gasteiger partial charge is 0.409 e. The summed E-state index contributed by atoms with van der Waals surface area (Å²) in [5.41, 5.74) is 0. The molecule has 1 fully saturated rings. The van der Waals surface area contributed by atoms with Crippen LogP contribution in [0.5, 0.6) is 0 Å². The zero-order valence-corrected chi connectivity index (χ0v) is 5.97. The zero-order chi connectivity index (χ0) is 8.43. The molecule has 1 saturated heterocycles. The van der Waals surface area contributed by atoms with Crippen molar-refractivity contribution in [2.45, 2.75) is 25.2 Å². The molecule has 1 rings (SSSR count). The van der Waals surface area contributed by atoms with E-state index in [1.165, 1.54) is 0 Å². The highest BCUT2D eigenvalue weighted by molar-refractivity contribution is 5.65. The van der Waals surface area contributed by atoms with Crippen LogP contribution in [0.2, 0.25) is 0 Å². The van der Waals surface area contributed by atoms with E-state index in [1.54, 1.807) is 0 Å². The quantitative estimate of drug-likeness (QED) is 0.445. The monoisotopic (exact) mass is 161 g/mol. The highest BCUT2D eigenvalue weighted by Gasteiger charge is 2.30. The molecule has 0 radical (unpaired) electrons. The number of likely N-dealkylation sites (tertiary alicyclic amines) is 1. The van der Waals surface area contributed by atoms with Crippen molar-refractivity contribution in [3.63, 3.8) is 0 Å². The van der Waals surface area contributed by atoms with E-state index in [4.69, 9.17) is 15.3 Å². The number of amides is 1. The molecule has 1 aliphatic rings. The second-order valence-corrected chi connectivity index (χ2v) is 2.60. The van der Waals surface area contributed by atoms with Crippen molar-refractivity contribution in [1.29, 1.82) is 0 Å². The normalized spacial score (nSPS) is 32.0. The van der Waals surface area contributed by atoms with E-state index in [-0.39, 0.29) is 0 Å². The van der Waals surface area contributed by atoms with Gasteiger partial charge in [0, 0.05) is 6.54 Å². The Labute approximate surface area is 63.9 Å². The molecule has 5 heteroatoms. The Bertz CT molecular complexity index is 161. The highest BCUT2D eigenvalue weighted by atomic mass is 16.4. The van der Waals surface area contributed by atoms with E-state index in [9.17, 15) is 4.79 Å². The van der Waals surface area contributed by atoms with Crippen LogP contribution in [-0.2, 0) is 0 Å². The lowest BCUT2D eigenvalue weighted by molar-refractivity contribution is -0.0934. The molecular weight excluding hydrogens is 150 g/mol. The molecule has 2 atom stereocenters. The van der Waals surface area contributed by atoms with Gasteiger partial charge in [-0.05, 0) is 12.8 Å². The summed E-state index contributed by atoms with van der Waals surface area (Å²) in [5.74, 6) is 0. The van der Waals surface area contributed by atoms with Crippen LogP contribution < -0.4 is 0 Å². The Morgan fingerprint density at radius 3 is 2.55 bits per heavy atom. The first-order valence-electron chi connectivity index (χ1n) is 3.48. The van der Waals surface area contributed by atoms with Gasteiger partial charge in [0.25, 0.3) is 0 Å². The van der Waals surface area contributed by atoms with Gasteiger partial charge in [0.05, 0.1) is 6.10 Å². The molecule has 11 heavy (non-hydrogen) atoms. The Morgan fingerprint density at radius 2 is 2.09 bits per heavy atom. The standard InChI is InChI=1S/C6H11NO4/c8-4-2-1-3-7(5(4)9)6(10)11/h4-5,8-9H,1-3H2,(H,10,11)/t4-,5-/m0/s1. The molecule has 0 bridgehead atoms. The third-order valence-corrected chi connectivity index (χ3v) is 1.81. The summed E-state index contributed by atoms with van der Waals surface area (Å²) in [4.78, 5) is 11.2. The Kier molecular flexibility index (Phi) is 2.31. The van der Waals surface area contributed by atoms with E-state index in [1.807, 2.05) is 0 Å². The molecule has 0 aromatic rings. The van der Waals surface area contributed by atoms with Crippen molar-refractivity contribution < 1.29 is 20.1 Å². The molecule has 0 aliphatic carbocycles. The first-order valence-corrected chi connectivity index (χ1v) is 3.48. The van der Waals surface area contributed by atoms with Gasteiger partial charge < -0.3 is 15.3 Å². The van der Waals surface area contributed by atoms with Gasteiger partial charge in [-0.3, -0.25) is 4.90 Å². The minimum atomic E-state index is -1.25. The van der Waals surface area contributed by atoms with E-state index in [0.29, 0.717) is 19.4 Å². The number of hydrogen-bond donors (Lipinski definition) is 3. The third kappa shape index (κ3) is 1.61. The predicted octanol–water partition coefficient (Wildman–Crippen LogP) is -0.560. The summed E-state index contributed by atoms with van der Waals surface area (Å²) < 4.78 is 0. The topological polar surface area (TPSA) is 81.0 Å². The molecule has 0 saturated carbocycles. The van der Waals surface area contributed by atoms with Gasteiger partial charge in [0.2, 0.25) is 0 Å². The molecule has 3 N–H and O–H groups in total. The molecule has 5 nitrogen and oxygen atoms in total. The van der Waals surface area contributed by atoms with Crippen LogP contribution in [0.1, 0.15) is 12.8 Å². The van der Waals surface area contributed by atoms with Crippen LogP contribution in [0.3, 0.4) is 0 Å². The average molecular weight is 161 g/mol. The summed E-state index contributed by atoms with van der Waals surface area (Å²) in [5, 5.41) is 26.6. The van der Waals surface area contributed by atoms with Gasteiger partial charge in [0.1, 0.15) is 0 Å². The number of nitrogens with zero attached hydrogens (tertiary/aromatic N) is 1. The van der Waals surface area contributed by atoms with Crippen molar-refractivity contribution in [1.82, 2.24) is 4.90 Å². The van der Waals surface area contributed by atoms with Gasteiger partial charge in [-0.2, -0.15) is 0 Å². The van der Waals surface area contributed by atoms with Crippen molar-refractivity contribution in [2.24, 2.45) is 0 Å². The molecule has 0 aromatic carbocycles. The van der Waals surface area contributed by atoms with E-state index >= 15 is 0 Å². The number of hydrogen-bond acceptors (Lipinski definition) is 3. The number of carboxylic acid groups (broad SMARTS) is 1. The van der Waals surface area contributed by atoms with Crippen LogP contribution in [-0.4, -0.2) is 45.2 Å². The molecule has 1 aliphatic heterocycles. The van der Waals surface area contributed by atoms with Gasteiger partial charge in [-0.1, -0.05) is 0 Å². The van der Waals surface area contributed by atoms with Crippen LogP contribution >= 0.6 is 0 Å². The third-order valence-electron chi connectivity index (χ3n) is 1.81. The summed E-state index contributed by atoms with van der Waals surface area (Å²) in [7, 11) is 0. The number of piperidine rings is 1. The fourth-order valence-electron chi connectivity index (χ4n) is 1.17. The van der Waals surface area contributed by atoms with Crippen molar-refractivity contribution in [3.8, 4) is 0 Å². The maximum Gasteiger partial charge on any atom is 0.409 e. The Balaban J connectivity index is 2.58. The van der Waals surface area contributed by atoms with Crippen LogP contribution in [0.25, 0.3) is 0 Å². The van der Waals surface area contributed by atoms with Gasteiger partial charge >= 0.3 is 6.09 Å². The van der Waals surface area contributed by atoms with E-state index in [2.05, 4.69) is 0 Å². The van der Waals surface area contributed by atoms with Crippen LogP contribution in [0.15, 0.2) is 0 Å². The zero-order valence-electron chi connectivity index (χ0n) is 5.97. The Morgan fingerprint density at radius 1 is 1.45 bits per heavy atom. The SMILES string of the molecule is O=C(O)N1CCC[C@H](O)[C@@H]1O. The summed E-state index contributed by atoms with van der Waals surface area (Å²) in [6, 6.07) is 0. The van der Waals surface area contributed by atoms with Crippen molar-refractivity contribution in [2.75, 3.05) is 6.54 Å². The van der Waals surface area contributed by atoms with Gasteiger partial charge in [0.15, 0.2) is 6.23 Å². The molecule has 0 unspecified atom stereocenters. The lowest BCUT2D eigenvalue weighted by atomic mass is 10.1. The summed E-state index contributed by atoms with van der Waals surface area (Å²) >= 11 is 0. The minimum absolute atomic E-state index is 0.299. The minimum Gasteiger partial charge on any atom is -0.465 e. The van der Waals surface area contributed by atoms with Crippen molar-refractivity contribution in [3.05, 3.63) is 0 Å². The van der Waals surface area contributed by atoms with E-state index < -0.39 is 18.4 Å². The number of carbonyl (C=O) groups is 1. The average Bonchev–Trinajstić information content (AvgIpc) is 1.94. The second-order valence-electron chi connectivity index (χ2n) is 2.60. The second kappa shape index (κ2) is 3.06. The van der Waals surface area contributed by atoms with Crippen LogP contribution in [0.4, 0.5) is 4.79 Å². The predicted molar refractivity (Wildman–Crippen MR) is 36.0 cm³/mol. The first kappa shape index (κ1) is 8.29. The first-order chi connectivity index (χ1) is 5.13. The fraction of sp³-hybridized carbons (Fsp3) is 0.833. The highest BCUT2D eigenvalue weighted by Crippen LogP contribution is 2.15. The largest absolute Gasteiger partial charge is 0.465 e. The lowest BCUT2D eigenvalue weighted by Crippen LogP contribution is -2.50.